The third-order valence-electron chi connectivity index (χ3n) is 3.61. The molecule has 0 heterocycles. The van der Waals surface area contributed by atoms with Gasteiger partial charge < -0.3 is 10.8 Å². The Balaban J connectivity index is 2.51. The van der Waals surface area contributed by atoms with Gasteiger partial charge in [0.15, 0.2) is 9.84 Å². The summed E-state index contributed by atoms with van der Waals surface area (Å²) in [5.41, 5.74) is 4.87. The minimum atomic E-state index is -3.45. The molecule has 0 saturated heterocycles. The molecule has 0 aliphatic heterocycles. The van der Waals surface area contributed by atoms with Gasteiger partial charge in [-0.05, 0) is 5.56 Å². The maximum Gasteiger partial charge on any atom is 0.312 e. The second-order valence-electron chi connectivity index (χ2n) is 4.69. The van der Waals surface area contributed by atoms with Gasteiger partial charge in [-0.3, -0.25) is 4.79 Å². The first-order chi connectivity index (χ1) is 8.35. The van der Waals surface area contributed by atoms with E-state index >= 15 is 0 Å². The van der Waals surface area contributed by atoms with Crippen molar-refractivity contribution < 1.29 is 18.3 Å². The first-order valence-electron chi connectivity index (χ1n) is 5.53. The normalized spacial score (nSPS) is 31.0. The third-order valence-corrected chi connectivity index (χ3v) is 5.23. The van der Waals surface area contributed by atoms with Crippen LogP contribution in [-0.2, 0) is 14.6 Å². The molecule has 1 aromatic rings. The van der Waals surface area contributed by atoms with Gasteiger partial charge in [0.1, 0.15) is 5.41 Å². The molecular weight excluding hydrogens is 254 g/mol. The van der Waals surface area contributed by atoms with Gasteiger partial charge in [0.25, 0.3) is 0 Å². The summed E-state index contributed by atoms with van der Waals surface area (Å²) in [6, 6.07) is 8.80. The lowest BCUT2D eigenvalue weighted by atomic mass is 9.99. The summed E-state index contributed by atoms with van der Waals surface area (Å²) in [7, 11) is -3.45. The predicted molar refractivity (Wildman–Crippen MR) is 66.9 cm³/mol. The van der Waals surface area contributed by atoms with Gasteiger partial charge in [-0.1, -0.05) is 30.3 Å². The summed E-state index contributed by atoms with van der Waals surface area (Å²) >= 11 is 0. The van der Waals surface area contributed by atoms with Gasteiger partial charge in [0, 0.05) is 18.7 Å². The van der Waals surface area contributed by atoms with Crippen molar-refractivity contribution in [1.82, 2.24) is 0 Å². The van der Waals surface area contributed by atoms with Crippen molar-refractivity contribution in [1.29, 1.82) is 0 Å². The van der Waals surface area contributed by atoms with Crippen LogP contribution in [0.3, 0.4) is 0 Å². The Bertz CT molecular complexity index is 569. The van der Waals surface area contributed by atoms with Crippen LogP contribution in [0.15, 0.2) is 30.3 Å². The van der Waals surface area contributed by atoms with Crippen LogP contribution in [0.4, 0.5) is 0 Å². The first-order valence-corrected chi connectivity index (χ1v) is 7.48. The highest BCUT2D eigenvalue weighted by molar-refractivity contribution is 7.91. The van der Waals surface area contributed by atoms with Crippen molar-refractivity contribution in [2.45, 2.75) is 11.2 Å². The van der Waals surface area contributed by atoms with Crippen molar-refractivity contribution in [3.05, 3.63) is 35.9 Å². The Hall–Kier alpha value is -1.40. The molecule has 18 heavy (non-hydrogen) atoms. The summed E-state index contributed by atoms with van der Waals surface area (Å²) in [4.78, 5) is 11.4. The van der Waals surface area contributed by atoms with Gasteiger partial charge in [0.2, 0.25) is 0 Å². The Morgan fingerprint density at radius 1 is 1.39 bits per heavy atom. The van der Waals surface area contributed by atoms with Gasteiger partial charge in [-0.2, -0.15) is 0 Å². The average molecular weight is 269 g/mol. The fourth-order valence-corrected chi connectivity index (χ4v) is 4.68. The van der Waals surface area contributed by atoms with Gasteiger partial charge in [-0.25, -0.2) is 8.42 Å². The number of nitrogens with two attached hydrogens (primary N) is 1. The molecule has 0 bridgehead atoms. The standard InChI is InChI=1S/C12H15NO4S/c1-18(16,17)10-9(8-5-3-2-4-6-8)12(10,7-13)11(14)15/h2-6,9-10H,7,13H2,1H3,(H,14,15)/t9-,10+,12-/m0/s1. The molecule has 0 radical (unpaired) electrons. The average Bonchev–Trinajstić information content (AvgIpc) is 3.00. The molecule has 1 fully saturated rings. The summed E-state index contributed by atoms with van der Waals surface area (Å²) in [5, 5.41) is 8.39. The van der Waals surface area contributed by atoms with Crippen molar-refractivity contribution in [3.8, 4) is 0 Å². The monoisotopic (exact) mass is 269 g/mol. The van der Waals surface area contributed by atoms with Crippen LogP contribution in [0.25, 0.3) is 0 Å². The van der Waals surface area contributed by atoms with Gasteiger partial charge >= 0.3 is 5.97 Å². The van der Waals surface area contributed by atoms with E-state index in [0.717, 1.165) is 6.26 Å². The van der Waals surface area contributed by atoms with Crippen LogP contribution in [0.1, 0.15) is 11.5 Å². The van der Waals surface area contributed by atoms with Crippen LogP contribution in [0.5, 0.6) is 0 Å². The van der Waals surface area contributed by atoms with Gasteiger partial charge in [-0.15, -0.1) is 0 Å². The van der Waals surface area contributed by atoms with Crippen LogP contribution in [-0.4, -0.2) is 37.5 Å². The second kappa shape index (κ2) is 4.07. The lowest BCUT2D eigenvalue weighted by molar-refractivity contribution is -0.143. The topological polar surface area (TPSA) is 97.5 Å². The van der Waals surface area contributed by atoms with Crippen LogP contribution in [0, 0.1) is 5.41 Å². The maximum absolute atomic E-state index is 11.7. The zero-order chi connectivity index (χ0) is 13.6. The van der Waals surface area contributed by atoms with E-state index in [2.05, 4.69) is 0 Å². The number of benzene rings is 1. The summed E-state index contributed by atoms with van der Waals surface area (Å²) < 4.78 is 23.5. The zero-order valence-electron chi connectivity index (χ0n) is 9.91. The molecule has 1 aromatic carbocycles. The molecule has 0 amide bonds. The first kappa shape index (κ1) is 13.0. The van der Waals surface area contributed by atoms with E-state index in [9.17, 15) is 18.3 Å². The number of sulfone groups is 1. The molecule has 1 saturated carbocycles. The van der Waals surface area contributed by atoms with Crippen molar-refractivity contribution in [2.24, 2.45) is 11.1 Å². The lowest BCUT2D eigenvalue weighted by Gasteiger charge is -2.08. The molecule has 1 aliphatic carbocycles. The highest BCUT2D eigenvalue weighted by Gasteiger charge is 2.74. The third kappa shape index (κ3) is 1.72. The lowest BCUT2D eigenvalue weighted by Crippen LogP contribution is -2.31. The fourth-order valence-electron chi connectivity index (χ4n) is 2.75. The molecule has 0 spiro atoms. The molecule has 5 nitrogen and oxygen atoms in total. The minimum Gasteiger partial charge on any atom is -0.481 e. The Morgan fingerprint density at radius 3 is 2.28 bits per heavy atom. The molecular formula is C12H15NO4S. The zero-order valence-corrected chi connectivity index (χ0v) is 10.7. The van der Waals surface area contributed by atoms with E-state index in [1.54, 1.807) is 30.3 Å². The number of carboxylic acid groups (broad SMARTS) is 1. The van der Waals surface area contributed by atoms with Crippen LogP contribution < -0.4 is 5.73 Å². The second-order valence-corrected chi connectivity index (χ2v) is 6.86. The van der Waals surface area contributed by atoms with E-state index in [4.69, 9.17) is 5.73 Å². The molecule has 3 N–H and O–H groups in total. The molecule has 2 rings (SSSR count). The number of hydrogen-bond acceptors (Lipinski definition) is 4. The summed E-state index contributed by atoms with van der Waals surface area (Å²) in [6.07, 6.45) is 1.06. The van der Waals surface area contributed by atoms with Crippen LogP contribution >= 0.6 is 0 Å². The van der Waals surface area contributed by atoms with Crippen LogP contribution in [0.2, 0.25) is 0 Å². The highest BCUT2D eigenvalue weighted by atomic mass is 32.2. The minimum absolute atomic E-state index is 0.181. The largest absolute Gasteiger partial charge is 0.481 e. The Morgan fingerprint density at radius 2 is 1.94 bits per heavy atom. The fraction of sp³-hybridized carbons (Fsp3) is 0.417. The molecule has 0 aromatic heterocycles. The Labute approximate surface area is 106 Å². The molecule has 98 valence electrons. The van der Waals surface area contributed by atoms with E-state index in [-0.39, 0.29) is 6.54 Å². The van der Waals surface area contributed by atoms with E-state index in [1.165, 1.54) is 0 Å². The summed E-state index contributed by atoms with van der Waals surface area (Å²) in [6.45, 7) is -0.181. The SMILES string of the molecule is CS(=O)(=O)[C@@H]1[C@H](c2ccccc2)[C@]1(CN)C(=O)O. The predicted octanol–water partition coefficient (Wildman–Crippen LogP) is 0.227. The number of rotatable bonds is 4. The highest BCUT2D eigenvalue weighted by Crippen LogP contribution is 2.62. The maximum atomic E-state index is 11.7. The molecule has 3 atom stereocenters. The number of carboxylic acids is 1. The summed E-state index contributed by atoms with van der Waals surface area (Å²) in [5.74, 6) is -1.70. The van der Waals surface area contributed by atoms with Gasteiger partial charge in [0.05, 0.1) is 5.25 Å². The van der Waals surface area contributed by atoms with E-state index in [0.29, 0.717) is 5.56 Å². The van der Waals surface area contributed by atoms with E-state index < -0.39 is 32.4 Å². The molecule has 6 heteroatoms. The number of carbonyl (C=O) groups is 1. The smallest absolute Gasteiger partial charge is 0.312 e. The Kier molecular flexibility index (Phi) is 2.95. The van der Waals surface area contributed by atoms with E-state index in [1.807, 2.05) is 0 Å². The number of aliphatic carboxylic acids is 1. The molecule has 0 unspecified atom stereocenters. The number of hydrogen-bond donors (Lipinski definition) is 2. The van der Waals surface area contributed by atoms with Crippen molar-refractivity contribution in [2.75, 3.05) is 12.8 Å². The van der Waals surface area contributed by atoms with Crippen molar-refractivity contribution >= 4 is 15.8 Å². The quantitative estimate of drug-likeness (QED) is 0.815. The molecule has 1 aliphatic rings. The van der Waals surface area contributed by atoms with Crippen molar-refractivity contribution in [3.63, 3.8) is 0 Å².